The molecule has 0 saturated carbocycles. The summed E-state index contributed by atoms with van der Waals surface area (Å²) in [7, 11) is 0. The van der Waals surface area contributed by atoms with Crippen LogP contribution < -0.4 is 5.32 Å². The number of hydrogen-bond acceptors (Lipinski definition) is 3. The van der Waals surface area contributed by atoms with E-state index >= 15 is 0 Å². The first-order chi connectivity index (χ1) is 12.3. The lowest BCUT2D eigenvalue weighted by atomic mass is 9.88. The number of hydrogen-bond donors (Lipinski definition) is 1. The van der Waals surface area contributed by atoms with E-state index < -0.39 is 0 Å². The smallest absolute Gasteiger partial charge is 0.221 e. The molecule has 1 fully saturated rings. The van der Waals surface area contributed by atoms with Gasteiger partial charge in [0.15, 0.2) is 0 Å². The Hall–Kier alpha value is -2.17. The minimum Gasteiger partial charge on any atom is -0.376 e. The Bertz CT molecular complexity index is 620. The van der Waals surface area contributed by atoms with Crippen molar-refractivity contribution in [1.29, 1.82) is 0 Å². The van der Waals surface area contributed by atoms with Crippen molar-refractivity contribution in [2.24, 2.45) is 0 Å². The Balaban J connectivity index is 1.71. The Morgan fingerprint density at radius 1 is 1.08 bits per heavy atom. The zero-order valence-corrected chi connectivity index (χ0v) is 14.6. The highest BCUT2D eigenvalue weighted by Crippen LogP contribution is 2.28. The van der Waals surface area contributed by atoms with E-state index in [1.807, 2.05) is 43.3 Å². The van der Waals surface area contributed by atoms with Gasteiger partial charge in [0.25, 0.3) is 0 Å². The second kappa shape index (κ2) is 8.79. The van der Waals surface area contributed by atoms with Crippen molar-refractivity contribution < 1.29 is 14.3 Å². The molecule has 1 aliphatic heterocycles. The van der Waals surface area contributed by atoms with Gasteiger partial charge in [0.05, 0.1) is 19.3 Å². The summed E-state index contributed by atoms with van der Waals surface area (Å²) < 4.78 is 11.1. The molecule has 1 amide bonds. The SMILES string of the molecule is CCO[C@H]1COC[C@@H]1NC(=O)CC(c1ccccc1)c1ccccc1. The molecule has 0 spiro atoms. The van der Waals surface area contributed by atoms with Gasteiger partial charge < -0.3 is 14.8 Å². The summed E-state index contributed by atoms with van der Waals surface area (Å²) in [5.74, 6) is 0.0631. The Morgan fingerprint density at radius 3 is 2.24 bits per heavy atom. The van der Waals surface area contributed by atoms with E-state index in [9.17, 15) is 4.79 Å². The third kappa shape index (κ3) is 4.68. The van der Waals surface area contributed by atoms with Crippen LogP contribution in [0, 0.1) is 0 Å². The molecule has 1 heterocycles. The summed E-state index contributed by atoms with van der Waals surface area (Å²) in [4.78, 5) is 12.7. The normalized spacial score (nSPS) is 19.9. The topological polar surface area (TPSA) is 47.6 Å². The maximum absolute atomic E-state index is 12.7. The third-order valence-electron chi connectivity index (χ3n) is 4.55. The van der Waals surface area contributed by atoms with Crippen LogP contribution in [0.1, 0.15) is 30.4 Å². The molecular weight excluding hydrogens is 314 g/mol. The van der Waals surface area contributed by atoms with E-state index in [-0.39, 0.29) is 24.0 Å². The predicted molar refractivity (Wildman–Crippen MR) is 97.5 cm³/mol. The van der Waals surface area contributed by atoms with Gasteiger partial charge in [0.1, 0.15) is 6.10 Å². The van der Waals surface area contributed by atoms with Crippen LogP contribution in [0.5, 0.6) is 0 Å². The Kier molecular flexibility index (Phi) is 6.20. The summed E-state index contributed by atoms with van der Waals surface area (Å²) in [6.45, 7) is 3.63. The van der Waals surface area contributed by atoms with Gasteiger partial charge in [-0.2, -0.15) is 0 Å². The summed E-state index contributed by atoms with van der Waals surface area (Å²) in [6.07, 6.45) is 0.351. The van der Waals surface area contributed by atoms with Crippen LogP contribution in [-0.4, -0.2) is 37.9 Å². The van der Waals surface area contributed by atoms with Crippen LogP contribution in [-0.2, 0) is 14.3 Å². The number of ether oxygens (including phenoxy) is 2. The van der Waals surface area contributed by atoms with Crippen molar-refractivity contribution in [1.82, 2.24) is 5.32 Å². The molecule has 2 aromatic carbocycles. The minimum absolute atomic E-state index is 0.0258. The maximum atomic E-state index is 12.7. The zero-order chi connectivity index (χ0) is 17.5. The largest absolute Gasteiger partial charge is 0.376 e. The number of rotatable bonds is 7. The Morgan fingerprint density at radius 2 is 1.68 bits per heavy atom. The van der Waals surface area contributed by atoms with E-state index in [1.54, 1.807) is 0 Å². The van der Waals surface area contributed by atoms with Crippen LogP contribution in [0.4, 0.5) is 0 Å². The van der Waals surface area contributed by atoms with Crippen LogP contribution in [0.25, 0.3) is 0 Å². The highest BCUT2D eigenvalue weighted by molar-refractivity contribution is 5.78. The van der Waals surface area contributed by atoms with Crippen LogP contribution >= 0.6 is 0 Å². The fraction of sp³-hybridized carbons (Fsp3) is 0.381. The van der Waals surface area contributed by atoms with E-state index in [4.69, 9.17) is 9.47 Å². The maximum Gasteiger partial charge on any atom is 0.221 e. The average molecular weight is 339 g/mol. The van der Waals surface area contributed by atoms with Gasteiger partial charge in [-0.15, -0.1) is 0 Å². The summed E-state index contributed by atoms with van der Waals surface area (Å²) in [5, 5.41) is 3.09. The first-order valence-electron chi connectivity index (χ1n) is 8.86. The second-order valence-corrected chi connectivity index (χ2v) is 6.28. The standard InChI is InChI=1S/C21H25NO3/c1-2-25-20-15-24-14-19(20)22-21(23)13-18(16-9-5-3-6-10-16)17-11-7-4-8-12-17/h3-12,18-20H,2,13-15H2,1H3,(H,22,23)/t19-,20-/m0/s1. The summed E-state index contributed by atoms with van der Waals surface area (Å²) >= 11 is 0. The number of carbonyl (C=O) groups excluding carboxylic acids is 1. The van der Waals surface area contributed by atoms with E-state index in [0.717, 1.165) is 11.1 Å². The molecule has 2 atom stereocenters. The molecule has 4 nitrogen and oxygen atoms in total. The molecule has 2 aromatic rings. The number of benzene rings is 2. The first kappa shape index (κ1) is 17.6. The van der Waals surface area contributed by atoms with Crippen molar-refractivity contribution in [2.45, 2.75) is 31.4 Å². The highest BCUT2D eigenvalue weighted by atomic mass is 16.5. The summed E-state index contributed by atoms with van der Waals surface area (Å²) in [5.41, 5.74) is 2.29. The average Bonchev–Trinajstić information content (AvgIpc) is 3.08. The fourth-order valence-corrected chi connectivity index (χ4v) is 3.30. The van der Waals surface area contributed by atoms with Gasteiger partial charge in [0.2, 0.25) is 5.91 Å². The van der Waals surface area contributed by atoms with Crippen molar-refractivity contribution in [3.05, 3.63) is 71.8 Å². The van der Waals surface area contributed by atoms with Crippen molar-refractivity contribution in [3.63, 3.8) is 0 Å². The second-order valence-electron chi connectivity index (χ2n) is 6.28. The molecule has 3 rings (SSSR count). The molecular formula is C21H25NO3. The van der Waals surface area contributed by atoms with Gasteiger partial charge in [-0.1, -0.05) is 60.7 Å². The third-order valence-corrected chi connectivity index (χ3v) is 4.55. The van der Waals surface area contributed by atoms with Gasteiger partial charge in [-0.3, -0.25) is 4.79 Å². The lowest BCUT2D eigenvalue weighted by Crippen LogP contribution is -2.44. The molecule has 0 unspecified atom stereocenters. The molecule has 0 bridgehead atoms. The monoisotopic (exact) mass is 339 g/mol. The van der Waals surface area contributed by atoms with Gasteiger partial charge in [-0.25, -0.2) is 0 Å². The molecule has 0 radical (unpaired) electrons. The lowest BCUT2D eigenvalue weighted by Gasteiger charge is -2.22. The van der Waals surface area contributed by atoms with Crippen LogP contribution in [0.2, 0.25) is 0 Å². The van der Waals surface area contributed by atoms with Crippen molar-refractivity contribution in [3.8, 4) is 0 Å². The van der Waals surface area contributed by atoms with Gasteiger partial charge in [-0.05, 0) is 18.1 Å². The number of carbonyl (C=O) groups is 1. The van der Waals surface area contributed by atoms with Gasteiger partial charge >= 0.3 is 0 Å². The number of nitrogens with one attached hydrogen (secondary N) is 1. The number of amides is 1. The highest BCUT2D eigenvalue weighted by Gasteiger charge is 2.30. The van der Waals surface area contributed by atoms with Crippen molar-refractivity contribution >= 4 is 5.91 Å². The molecule has 1 N–H and O–H groups in total. The molecule has 1 saturated heterocycles. The van der Waals surface area contributed by atoms with Gasteiger partial charge in [0, 0.05) is 18.9 Å². The zero-order valence-electron chi connectivity index (χ0n) is 14.6. The van der Waals surface area contributed by atoms with Crippen LogP contribution in [0.15, 0.2) is 60.7 Å². The Labute approximate surface area is 149 Å². The van der Waals surface area contributed by atoms with Crippen molar-refractivity contribution in [2.75, 3.05) is 19.8 Å². The predicted octanol–water partition coefficient (Wildman–Crippen LogP) is 3.13. The molecule has 4 heteroatoms. The van der Waals surface area contributed by atoms with Crippen LogP contribution in [0.3, 0.4) is 0 Å². The molecule has 0 aliphatic carbocycles. The first-order valence-corrected chi connectivity index (χ1v) is 8.86. The van der Waals surface area contributed by atoms with E-state index in [2.05, 4.69) is 29.6 Å². The van der Waals surface area contributed by atoms with E-state index in [1.165, 1.54) is 0 Å². The molecule has 25 heavy (non-hydrogen) atoms. The fourth-order valence-electron chi connectivity index (χ4n) is 3.30. The quantitative estimate of drug-likeness (QED) is 0.843. The molecule has 0 aromatic heterocycles. The lowest BCUT2D eigenvalue weighted by molar-refractivity contribution is -0.122. The van der Waals surface area contributed by atoms with E-state index in [0.29, 0.717) is 26.2 Å². The molecule has 1 aliphatic rings. The summed E-state index contributed by atoms with van der Waals surface area (Å²) in [6, 6.07) is 20.3. The molecule has 132 valence electrons. The minimum atomic E-state index is -0.0698.